The standard InChI is InChI=1S/C22H19N3O2/c1-16-6-5-9-21-24-18(15-25(16)21)14-23-22(26)17-10-12-20(13-11-17)27-19-7-3-2-4-8-19/h2-13,15H,14H2,1H3,(H,23,26). The van der Waals surface area contributed by atoms with E-state index < -0.39 is 0 Å². The van der Waals surface area contributed by atoms with Crippen LogP contribution < -0.4 is 10.1 Å². The number of rotatable bonds is 5. The van der Waals surface area contributed by atoms with E-state index in [-0.39, 0.29) is 5.91 Å². The third-order valence-corrected chi connectivity index (χ3v) is 4.27. The van der Waals surface area contributed by atoms with Crippen molar-refractivity contribution in [2.45, 2.75) is 13.5 Å². The maximum absolute atomic E-state index is 12.4. The fraction of sp³-hybridized carbons (Fsp3) is 0.0909. The lowest BCUT2D eigenvalue weighted by Crippen LogP contribution is -2.22. The van der Waals surface area contributed by atoms with Crippen molar-refractivity contribution in [3.63, 3.8) is 0 Å². The molecule has 0 unspecified atom stereocenters. The topological polar surface area (TPSA) is 55.6 Å². The first kappa shape index (κ1) is 16.8. The van der Waals surface area contributed by atoms with Gasteiger partial charge in [-0.1, -0.05) is 24.3 Å². The van der Waals surface area contributed by atoms with Gasteiger partial charge in [-0.2, -0.15) is 0 Å². The quantitative estimate of drug-likeness (QED) is 0.577. The van der Waals surface area contributed by atoms with Crippen LogP contribution in [0.3, 0.4) is 0 Å². The molecule has 0 aliphatic heterocycles. The first-order valence-corrected chi connectivity index (χ1v) is 8.74. The number of aryl methyl sites for hydroxylation is 1. The first-order valence-electron chi connectivity index (χ1n) is 8.74. The van der Waals surface area contributed by atoms with Crippen LogP contribution in [0, 0.1) is 6.92 Å². The fourth-order valence-electron chi connectivity index (χ4n) is 2.86. The average Bonchev–Trinajstić information content (AvgIpc) is 3.12. The number of carbonyl (C=O) groups excluding carboxylic acids is 1. The number of nitrogens with one attached hydrogen (secondary N) is 1. The molecular weight excluding hydrogens is 338 g/mol. The SMILES string of the molecule is Cc1cccc2nc(CNC(=O)c3ccc(Oc4ccccc4)cc3)cn12. The molecule has 0 atom stereocenters. The minimum absolute atomic E-state index is 0.143. The Morgan fingerprint density at radius 2 is 1.70 bits per heavy atom. The Morgan fingerprint density at radius 3 is 2.44 bits per heavy atom. The second-order valence-corrected chi connectivity index (χ2v) is 6.25. The number of hydrogen-bond acceptors (Lipinski definition) is 3. The molecule has 4 rings (SSSR count). The third kappa shape index (κ3) is 3.82. The molecule has 27 heavy (non-hydrogen) atoms. The summed E-state index contributed by atoms with van der Waals surface area (Å²) in [5.74, 6) is 1.31. The van der Waals surface area contributed by atoms with Crippen molar-refractivity contribution >= 4 is 11.6 Å². The van der Waals surface area contributed by atoms with Gasteiger partial charge >= 0.3 is 0 Å². The maximum atomic E-state index is 12.4. The summed E-state index contributed by atoms with van der Waals surface area (Å²) >= 11 is 0. The zero-order chi connectivity index (χ0) is 18.6. The highest BCUT2D eigenvalue weighted by Gasteiger charge is 2.08. The van der Waals surface area contributed by atoms with E-state index in [1.54, 1.807) is 24.3 Å². The number of carbonyl (C=O) groups is 1. The van der Waals surface area contributed by atoms with Crippen molar-refractivity contribution in [2.75, 3.05) is 0 Å². The van der Waals surface area contributed by atoms with Crippen molar-refractivity contribution in [2.24, 2.45) is 0 Å². The largest absolute Gasteiger partial charge is 0.457 e. The summed E-state index contributed by atoms with van der Waals surface area (Å²) in [5.41, 5.74) is 3.38. The molecule has 5 heteroatoms. The molecule has 2 aromatic carbocycles. The number of ether oxygens (including phenoxy) is 1. The Bertz CT molecular complexity index is 1070. The van der Waals surface area contributed by atoms with Gasteiger partial charge in [0, 0.05) is 17.5 Å². The molecule has 0 aliphatic rings. The highest BCUT2D eigenvalue weighted by atomic mass is 16.5. The lowest BCUT2D eigenvalue weighted by atomic mass is 10.2. The van der Waals surface area contributed by atoms with Gasteiger partial charge in [-0.05, 0) is 55.5 Å². The number of fused-ring (bicyclic) bond motifs is 1. The fourth-order valence-corrected chi connectivity index (χ4v) is 2.86. The van der Waals surface area contributed by atoms with Crippen molar-refractivity contribution in [3.8, 4) is 11.5 Å². The van der Waals surface area contributed by atoms with Gasteiger partial charge < -0.3 is 14.5 Å². The number of aromatic nitrogens is 2. The van der Waals surface area contributed by atoms with E-state index in [0.29, 0.717) is 17.9 Å². The molecule has 1 amide bonds. The van der Waals surface area contributed by atoms with Crippen LogP contribution in [0.5, 0.6) is 11.5 Å². The first-order chi connectivity index (χ1) is 13.2. The smallest absolute Gasteiger partial charge is 0.251 e. The summed E-state index contributed by atoms with van der Waals surface area (Å²) in [4.78, 5) is 16.9. The molecule has 134 valence electrons. The second-order valence-electron chi connectivity index (χ2n) is 6.25. The van der Waals surface area contributed by atoms with Crippen LogP contribution in [-0.2, 0) is 6.54 Å². The van der Waals surface area contributed by atoms with Crippen LogP contribution in [-0.4, -0.2) is 15.3 Å². The lowest BCUT2D eigenvalue weighted by molar-refractivity contribution is 0.0950. The van der Waals surface area contributed by atoms with Crippen LogP contribution in [0.25, 0.3) is 5.65 Å². The predicted octanol–water partition coefficient (Wildman–Crippen LogP) is 4.37. The number of benzene rings is 2. The molecule has 5 nitrogen and oxygen atoms in total. The summed E-state index contributed by atoms with van der Waals surface area (Å²) in [6, 6.07) is 22.6. The highest BCUT2D eigenvalue weighted by Crippen LogP contribution is 2.21. The molecular formula is C22H19N3O2. The average molecular weight is 357 g/mol. The normalized spacial score (nSPS) is 10.7. The number of nitrogens with zero attached hydrogens (tertiary/aromatic N) is 2. The number of pyridine rings is 1. The van der Waals surface area contributed by atoms with Gasteiger partial charge in [0.15, 0.2) is 0 Å². The number of para-hydroxylation sites is 1. The molecule has 0 saturated carbocycles. The predicted molar refractivity (Wildman–Crippen MR) is 104 cm³/mol. The van der Waals surface area contributed by atoms with Gasteiger partial charge in [0.25, 0.3) is 5.91 Å². The van der Waals surface area contributed by atoms with E-state index >= 15 is 0 Å². The molecule has 0 fully saturated rings. The Morgan fingerprint density at radius 1 is 0.963 bits per heavy atom. The zero-order valence-electron chi connectivity index (χ0n) is 14.9. The van der Waals surface area contributed by atoms with E-state index in [2.05, 4.69) is 10.3 Å². The van der Waals surface area contributed by atoms with Gasteiger partial charge in [-0.15, -0.1) is 0 Å². The van der Waals surface area contributed by atoms with Crippen LogP contribution >= 0.6 is 0 Å². The van der Waals surface area contributed by atoms with E-state index in [9.17, 15) is 4.79 Å². The van der Waals surface area contributed by atoms with Crippen LogP contribution in [0.15, 0.2) is 79.0 Å². The van der Waals surface area contributed by atoms with Gasteiger partial charge in [-0.3, -0.25) is 4.79 Å². The minimum atomic E-state index is -0.143. The highest BCUT2D eigenvalue weighted by molar-refractivity contribution is 5.94. The van der Waals surface area contributed by atoms with Crippen molar-refractivity contribution in [1.82, 2.24) is 14.7 Å². The molecule has 0 spiro atoms. The van der Waals surface area contributed by atoms with Crippen molar-refractivity contribution < 1.29 is 9.53 Å². The molecule has 1 N–H and O–H groups in total. The van der Waals surface area contributed by atoms with Crippen LogP contribution in [0.2, 0.25) is 0 Å². The summed E-state index contributed by atoms with van der Waals surface area (Å²) in [6.07, 6.45) is 1.95. The maximum Gasteiger partial charge on any atom is 0.251 e. The molecule has 0 saturated heterocycles. The molecule has 0 radical (unpaired) electrons. The Labute approximate surface area is 157 Å². The molecule has 4 aromatic rings. The Balaban J connectivity index is 1.39. The molecule has 0 aliphatic carbocycles. The summed E-state index contributed by atoms with van der Waals surface area (Å²) < 4.78 is 7.75. The summed E-state index contributed by atoms with van der Waals surface area (Å²) in [5, 5.41) is 2.91. The van der Waals surface area contributed by atoms with Gasteiger partial charge in [0.05, 0.1) is 12.2 Å². The second kappa shape index (κ2) is 7.33. The molecule has 2 aromatic heterocycles. The number of hydrogen-bond donors (Lipinski definition) is 1. The van der Waals surface area contributed by atoms with Gasteiger partial charge in [-0.25, -0.2) is 4.98 Å². The van der Waals surface area contributed by atoms with E-state index in [1.807, 2.05) is 66.1 Å². The lowest BCUT2D eigenvalue weighted by Gasteiger charge is -2.07. The molecule has 2 heterocycles. The van der Waals surface area contributed by atoms with E-state index in [0.717, 1.165) is 22.8 Å². The van der Waals surface area contributed by atoms with Crippen LogP contribution in [0.1, 0.15) is 21.7 Å². The number of imidazole rings is 1. The monoisotopic (exact) mass is 357 g/mol. The third-order valence-electron chi connectivity index (χ3n) is 4.27. The summed E-state index contributed by atoms with van der Waals surface area (Å²) in [7, 11) is 0. The Kier molecular flexibility index (Phi) is 4.58. The summed E-state index contributed by atoms with van der Waals surface area (Å²) in [6.45, 7) is 2.40. The van der Waals surface area contributed by atoms with Gasteiger partial charge in [0.1, 0.15) is 17.1 Å². The zero-order valence-corrected chi connectivity index (χ0v) is 14.9. The molecule has 0 bridgehead atoms. The number of amides is 1. The van der Waals surface area contributed by atoms with Crippen molar-refractivity contribution in [1.29, 1.82) is 0 Å². The Hall–Kier alpha value is -3.60. The van der Waals surface area contributed by atoms with Crippen LogP contribution in [0.4, 0.5) is 0 Å². The van der Waals surface area contributed by atoms with E-state index in [4.69, 9.17) is 4.74 Å². The van der Waals surface area contributed by atoms with Crippen molar-refractivity contribution in [3.05, 3.63) is 95.9 Å². The van der Waals surface area contributed by atoms with E-state index in [1.165, 1.54) is 0 Å². The minimum Gasteiger partial charge on any atom is -0.457 e. The van der Waals surface area contributed by atoms with Gasteiger partial charge in [0.2, 0.25) is 0 Å².